The Labute approximate surface area is 163 Å². The van der Waals surface area contributed by atoms with Gasteiger partial charge in [0.15, 0.2) is 0 Å². The van der Waals surface area contributed by atoms with Gasteiger partial charge in [-0.05, 0) is 60.9 Å². The van der Waals surface area contributed by atoms with Gasteiger partial charge < -0.3 is 4.90 Å². The first-order valence-electron chi connectivity index (χ1n) is 9.20. The summed E-state index contributed by atoms with van der Waals surface area (Å²) in [5.41, 5.74) is 3.13. The number of pyridine rings is 1. The van der Waals surface area contributed by atoms with Crippen molar-refractivity contribution in [3.05, 3.63) is 77.1 Å². The first kappa shape index (κ1) is 18.1. The van der Waals surface area contributed by atoms with E-state index in [0.29, 0.717) is 24.2 Å². The number of hydrogen-bond acceptors (Lipinski definition) is 4. The molecule has 0 atom stereocenters. The summed E-state index contributed by atoms with van der Waals surface area (Å²) in [6.07, 6.45) is 7.45. The Hall–Kier alpha value is -3.31. The van der Waals surface area contributed by atoms with E-state index in [1.54, 1.807) is 18.5 Å². The maximum absolute atomic E-state index is 13.1. The molecule has 28 heavy (non-hydrogen) atoms. The molecule has 0 radical (unpaired) electrons. The Morgan fingerprint density at radius 2 is 1.64 bits per heavy atom. The average molecular weight is 371 g/mol. The van der Waals surface area contributed by atoms with Crippen LogP contribution in [0.5, 0.6) is 0 Å². The molecule has 0 N–H and O–H groups in total. The van der Waals surface area contributed by atoms with Gasteiger partial charge in [0.25, 0.3) is 11.8 Å². The Morgan fingerprint density at radius 3 is 2.39 bits per heavy atom. The molecule has 1 aliphatic heterocycles. The van der Waals surface area contributed by atoms with Crippen LogP contribution in [0, 0.1) is 0 Å². The van der Waals surface area contributed by atoms with Crippen molar-refractivity contribution in [1.29, 1.82) is 0 Å². The smallest absolute Gasteiger partial charge is 0.261 e. The molecule has 1 aromatic heterocycles. The molecule has 0 saturated heterocycles. The number of carbonyl (C=O) groups is 2. The molecule has 0 saturated carbocycles. The molecule has 0 bridgehead atoms. The fourth-order valence-electron chi connectivity index (χ4n) is 3.45. The van der Waals surface area contributed by atoms with Gasteiger partial charge in [-0.1, -0.05) is 24.3 Å². The van der Waals surface area contributed by atoms with Gasteiger partial charge in [-0.25, -0.2) is 0 Å². The summed E-state index contributed by atoms with van der Waals surface area (Å²) in [6, 6.07) is 13.4. The third-order valence-corrected chi connectivity index (χ3v) is 4.90. The minimum atomic E-state index is -0.227. The second-order valence-corrected chi connectivity index (χ2v) is 7.15. The van der Waals surface area contributed by atoms with Gasteiger partial charge in [0.1, 0.15) is 0 Å². The molecule has 0 fully saturated rings. The summed E-state index contributed by atoms with van der Waals surface area (Å²) in [7, 11) is 3.85. The monoisotopic (exact) mass is 371 g/mol. The quantitative estimate of drug-likeness (QED) is 0.644. The van der Waals surface area contributed by atoms with Crippen molar-refractivity contribution in [3.63, 3.8) is 0 Å². The molecule has 0 aliphatic carbocycles. The van der Waals surface area contributed by atoms with E-state index in [-0.39, 0.29) is 11.8 Å². The van der Waals surface area contributed by atoms with E-state index >= 15 is 0 Å². The van der Waals surface area contributed by atoms with Crippen LogP contribution in [0.4, 0.5) is 0 Å². The van der Waals surface area contributed by atoms with Crippen LogP contribution in [0.3, 0.4) is 0 Å². The number of hydrogen-bond donors (Lipinski definition) is 0. The molecular weight excluding hydrogens is 350 g/mol. The highest BCUT2D eigenvalue weighted by molar-refractivity contribution is 6.25. The van der Waals surface area contributed by atoms with Crippen molar-refractivity contribution in [2.24, 2.45) is 0 Å². The maximum Gasteiger partial charge on any atom is 0.261 e. The first-order valence-corrected chi connectivity index (χ1v) is 9.20. The molecule has 0 unspecified atom stereocenters. The summed E-state index contributed by atoms with van der Waals surface area (Å²) in [4.78, 5) is 33.3. The average Bonchev–Trinajstić information content (AvgIpc) is 2.70. The number of aromatic nitrogens is 1. The van der Waals surface area contributed by atoms with Crippen LogP contribution in [0.25, 0.3) is 22.9 Å². The van der Waals surface area contributed by atoms with Crippen molar-refractivity contribution < 1.29 is 9.59 Å². The molecule has 3 aromatic rings. The molecule has 4 rings (SSSR count). The molecule has 0 spiro atoms. The Morgan fingerprint density at radius 1 is 0.929 bits per heavy atom. The van der Waals surface area contributed by atoms with Crippen LogP contribution in [-0.4, -0.2) is 53.8 Å². The molecule has 5 nitrogen and oxygen atoms in total. The normalized spacial score (nSPS) is 13.9. The molecule has 1 aliphatic rings. The van der Waals surface area contributed by atoms with Gasteiger partial charge in [-0.2, -0.15) is 0 Å². The summed E-state index contributed by atoms with van der Waals surface area (Å²) in [5.74, 6) is -0.445. The summed E-state index contributed by atoms with van der Waals surface area (Å²) < 4.78 is 0. The van der Waals surface area contributed by atoms with Gasteiger partial charge in [-0.15, -0.1) is 0 Å². The second kappa shape index (κ2) is 7.37. The van der Waals surface area contributed by atoms with E-state index in [1.807, 2.05) is 67.5 Å². The molecule has 2 amide bonds. The van der Waals surface area contributed by atoms with Gasteiger partial charge in [-0.3, -0.25) is 19.5 Å². The SMILES string of the molecule is CN(C)CCN1C(=O)c2cccc3cc(/C=C/c4ccncc4)cc(c23)C1=O. The molecule has 2 heterocycles. The van der Waals surface area contributed by atoms with Crippen LogP contribution in [-0.2, 0) is 0 Å². The van der Waals surface area contributed by atoms with Gasteiger partial charge in [0, 0.05) is 42.0 Å². The molecular formula is C23H21N3O2. The van der Waals surface area contributed by atoms with E-state index in [4.69, 9.17) is 0 Å². The minimum Gasteiger partial charge on any atom is -0.308 e. The zero-order valence-electron chi connectivity index (χ0n) is 15.9. The van der Waals surface area contributed by atoms with E-state index in [0.717, 1.165) is 21.9 Å². The lowest BCUT2D eigenvalue weighted by Crippen LogP contribution is -2.43. The Bertz CT molecular complexity index is 1090. The Balaban J connectivity index is 1.78. The fourth-order valence-corrected chi connectivity index (χ4v) is 3.45. The molecule has 5 heteroatoms. The number of carbonyl (C=O) groups excluding carboxylic acids is 2. The number of benzene rings is 2. The van der Waals surface area contributed by atoms with Crippen molar-refractivity contribution >= 4 is 34.7 Å². The van der Waals surface area contributed by atoms with Crippen LogP contribution in [0.15, 0.2) is 54.9 Å². The Kier molecular flexibility index (Phi) is 4.75. The van der Waals surface area contributed by atoms with E-state index in [2.05, 4.69) is 4.98 Å². The predicted octanol–water partition coefficient (Wildman–Crippen LogP) is 3.56. The maximum atomic E-state index is 13.1. The lowest BCUT2D eigenvalue weighted by Gasteiger charge is -2.28. The standard InChI is InChI=1S/C23H21N3O2/c1-25(2)12-13-26-22(27)19-5-3-4-18-14-17(15-20(21(18)19)23(26)28)7-6-16-8-10-24-11-9-16/h3-11,14-15H,12-13H2,1-2H3/b7-6+. The van der Waals surface area contributed by atoms with Crippen LogP contribution in [0.1, 0.15) is 31.8 Å². The summed E-state index contributed by atoms with van der Waals surface area (Å²) in [5, 5.41) is 1.65. The van der Waals surface area contributed by atoms with Crippen molar-refractivity contribution in [2.45, 2.75) is 0 Å². The zero-order chi connectivity index (χ0) is 19.7. The topological polar surface area (TPSA) is 53.5 Å². The number of amides is 2. The lowest BCUT2D eigenvalue weighted by atomic mass is 9.92. The molecule has 140 valence electrons. The highest BCUT2D eigenvalue weighted by atomic mass is 16.2. The predicted molar refractivity (Wildman–Crippen MR) is 111 cm³/mol. The summed E-state index contributed by atoms with van der Waals surface area (Å²) >= 11 is 0. The second-order valence-electron chi connectivity index (χ2n) is 7.15. The lowest BCUT2D eigenvalue weighted by molar-refractivity contribution is 0.0601. The van der Waals surface area contributed by atoms with Crippen LogP contribution in [0.2, 0.25) is 0 Å². The molecule has 2 aromatic carbocycles. The van der Waals surface area contributed by atoms with Crippen molar-refractivity contribution in [3.8, 4) is 0 Å². The fraction of sp³-hybridized carbons (Fsp3) is 0.174. The highest BCUT2D eigenvalue weighted by Crippen LogP contribution is 2.31. The van der Waals surface area contributed by atoms with Crippen LogP contribution < -0.4 is 0 Å². The number of rotatable bonds is 5. The van der Waals surface area contributed by atoms with Crippen molar-refractivity contribution in [2.75, 3.05) is 27.2 Å². The van der Waals surface area contributed by atoms with Gasteiger partial charge in [0.05, 0.1) is 0 Å². The van der Waals surface area contributed by atoms with E-state index in [9.17, 15) is 9.59 Å². The third-order valence-electron chi connectivity index (χ3n) is 4.90. The minimum absolute atomic E-state index is 0.218. The van der Waals surface area contributed by atoms with Gasteiger partial charge >= 0.3 is 0 Å². The highest BCUT2D eigenvalue weighted by Gasteiger charge is 2.32. The number of likely N-dealkylation sites (N-methyl/N-ethyl adjacent to an activating group) is 1. The zero-order valence-corrected chi connectivity index (χ0v) is 15.9. The number of imide groups is 1. The van der Waals surface area contributed by atoms with Gasteiger partial charge in [0.2, 0.25) is 0 Å². The third kappa shape index (κ3) is 3.32. The van der Waals surface area contributed by atoms with E-state index in [1.165, 1.54) is 4.90 Å². The van der Waals surface area contributed by atoms with Crippen LogP contribution >= 0.6 is 0 Å². The summed E-state index contributed by atoms with van der Waals surface area (Å²) in [6.45, 7) is 1.00. The van der Waals surface area contributed by atoms with E-state index < -0.39 is 0 Å². The van der Waals surface area contributed by atoms with Crippen molar-refractivity contribution in [1.82, 2.24) is 14.8 Å². The first-order chi connectivity index (χ1) is 13.5. The largest absolute Gasteiger partial charge is 0.308 e. The number of nitrogens with zero attached hydrogens (tertiary/aromatic N) is 3.